The fourth-order valence-electron chi connectivity index (χ4n) is 7.72. The average Bonchev–Trinajstić information content (AvgIpc) is 3.99. The number of aromatic nitrogens is 2. The van der Waals surface area contributed by atoms with E-state index < -0.39 is 11.6 Å². The molecule has 0 amide bonds. The fraction of sp³-hybridized carbons (Fsp3) is 0.429. The molecule has 0 bridgehead atoms. The minimum absolute atomic E-state index is 0.0430. The Bertz CT molecular complexity index is 2320. The lowest BCUT2D eigenvalue weighted by Crippen LogP contribution is -2.22. The molecule has 11 heteroatoms. The van der Waals surface area contributed by atoms with Gasteiger partial charge in [0.2, 0.25) is 0 Å². The number of carbonyl (C=O) groups excluding carboxylic acids is 2. The number of rotatable bonds is 15. The number of hydrogen-bond donors (Lipinski definition) is 0. The lowest BCUT2D eigenvalue weighted by molar-refractivity contribution is 0.0979. The van der Waals surface area contributed by atoms with Crippen LogP contribution in [0.4, 0.5) is 8.78 Å². The first kappa shape index (κ1) is 38.3. The summed E-state index contributed by atoms with van der Waals surface area (Å²) in [5.41, 5.74) is 3.07. The molecule has 0 spiro atoms. The summed E-state index contributed by atoms with van der Waals surface area (Å²) in [5.74, 6) is -1.12. The van der Waals surface area contributed by atoms with Crippen molar-refractivity contribution in [2.75, 3.05) is 0 Å². The third kappa shape index (κ3) is 6.94. The van der Waals surface area contributed by atoms with Gasteiger partial charge < -0.3 is 0 Å². The maximum absolute atomic E-state index is 16.1. The molecule has 6 aromatic rings. The Labute approximate surface area is 330 Å². The zero-order valence-corrected chi connectivity index (χ0v) is 35.1. The van der Waals surface area contributed by atoms with Gasteiger partial charge in [0, 0.05) is 50.8 Å². The summed E-state index contributed by atoms with van der Waals surface area (Å²) < 4.78 is 40.9. The summed E-state index contributed by atoms with van der Waals surface area (Å²) in [6.07, 6.45) is 10.5. The molecule has 5 heterocycles. The van der Waals surface area contributed by atoms with Crippen LogP contribution in [0.25, 0.3) is 41.7 Å². The Kier molecular flexibility index (Phi) is 11.6. The fourth-order valence-corrected chi connectivity index (χ4v) is 13.0. The molecular formula is C42H44F2N2O2S5. The number of aryl methyl sites for hydroxylation is 2. The number of nitrogens with zero attached hydrogens (tertiary/aromatic N) is 2. The first-order valence-corrected chi connectivity index (χ1v) is 22.8. The summed E-state index contributed by atoms with van der Waals surface area (Å²) in [5, 5.41) is 0. The predicted octanol–water partition coefficient (Wildman–Crippen LogP) is 14.1. The minimum atomic E-state index is -0.965. The van der Waals surface area contributed by atoms with E-state index in [-0.39, 0.29) is 22.7 Å². The summed E-state index contributed by atoms with van der Waals surface area (Å²) in [6, 6.07) is 7.29. The molecule has 1 aromatic carbocycles. The summed E-state index contributed by atoms with van der Waals surface area (Å²) in [4.78, 5) is 36.1. The molecule has 0 radical (unpaired) electrons. The molecule has 53 heavy (non-hydrogen) atoms. The Hall–Kier alpha value is -2.96. The Morgan fingerprint density at radius 2 is 1.11 bits per heavy atom. The van der Waals surface area contributed by atoms with Crippen molar-refractivity contribution in [1.29, 1.82) is 0 Å². The molecule has 7 rings (SSSR count). The smallest absolute Gasteiger partial charge is 0.197 e. The van der Waals surface area contributed by atoms with Gasteiger partial charge in [-0.25, -0.2) is 8.78 Å². The lowest BCUT2D eigenvalue weighted by Gasteiger charge is -2.19. The van der Waals surface area contributed by atoms with E-state index >= 15 is 8.78 Å². The van der Waals surface area contributed by atoms with E-state index in [0.717, 1.165) is 100 Å². The molecule has 2 atom stereocenters. The maximum Gasteiger partial charge on any atom is 0.197 e. The molecule has 0 aliphatic heterocycles. The van der Waals surface area contributed by atoms with Gasteiger partial charge in [0.1, 0.15) is 11.0 Å². The van der Waals surface area contributed by atoms with Crippen LogP contribution in [0.5, 0.6) is 0 Å². The van der Waals surface area contributed by atoms with Crippen molar-refractivity contribution in [3.63, 3.8) is 0 Å². The third-order valence-corrected chi connectivity index (χ3v) is 15.9. The number of thiophene rings is 4. The monoisotopic (exact) mass is 806 g/mol. The number of ketones is 2. The van der Waals surface area contributed by atoms with E-state index in [1.165, 1.54) is 34.0 Å². The van der Waals surface area contributed by atoms with Gasteiger partial charge in [-0.1, -0.05) is 79.1 Å². The van der Waals surface area contributed by atoms with Gasteiger partial charge >= 0.3 is 0 Å². The van der Waals surface area contributed by atoms with Crippen molar-refractivity contribution in [3.8, 4) is 30.6 Å². The van der Waals surface area contributed by atoms with Crippen molar-refractivity contribution in [2.24, 2.45) is 11.8 Å². The van der Waals surface area contributed by atoms with Crippen LogP contribution in [0, 0.1) is 37.3 Å². The summed E-state index contributed by atoms with van der Waals surface area (Å²) >= 11 is 6.75. The van der Waals surface area contributed by atoms with Gasteiger partial charge in [-0.15, -0.1) is 45.3 Å². The molecule has 5 aromatic heterocycles. The highest BCUT2D eigenvalue weighted by Gasteiger charge is 2.41. The van der Waals surface area contributed by atoms with Crippen molar-refractivity contribution >= 4 is 79.7 Å². The van der Waals surface area contributed by atoms with Crippen LogP contribution in [-0.2, 0) is 12.8 Å². The van der Waals surface area contributed by atoms with E-state index in [4.69, 9.17) is 0 Å². The first-order valence-electron chi connectivity index (χ1n) is 18.8. The van der Waals surface area contributed by atoms with Crippen LogP contribution < -0.4 is 0 Å². The molecule has 1 aliphatic rings. The zero-order valence-electron chi connectivity index (χ0n) is 31.0. The van der Waals surface area contributed by atoms with Gasteiger partial charge in [0.25, 0.3) is 0 Å². The topological polar surface area (TPSA) is 59.9 Å². The lowest BCUT2D eigenvalue weighted by atomic mass is 9.81. The number of unbranched alkanes of at least 4 members (excludes halogenated alkanes) is 2. The average molecular weight is 807 g/mol. The molecule has 0 fully saturated rings. The molecule has 0 saturated heterocycles. The molecule has 4 nitrogen and oxygen atoms in total. The highest BCUT2D eigenvalue weighted by molar-refractivity contribution is 7.24. The minimum Gasteiger partial charge on any atom is -0.288 e. The van der Waals surface area contributed by atoms with Crippen LogP contribution in [0.15, 0.2) is 24.3 Å². The normalized spacial score (nSPS) is 14.0. The second-order valence-electron chi connectivity index (χ2n) is 14.2. The molecule has 278 valence electrons. The summed E-state index contributed by atoms with van der Waals surface area (Å²) in [7, 11) is 0. The third-order valence-electron chi connectivity index (χ3n) is 10.7. The van der Waals surface area contributed by atoms with Crippen LogP contribution in [0.2, 0.25) is 0 Å². The van der Waals surface area contributed by atoms with Crippen LogP contribution in [0.3, 0.4) is 0 Å². The number of fused-ring (bicyclic) bond motifs is 3. The van der Waals surface area contributed by atoms with Crippen molar-refractivity contribution in [2.45, 2.75) is 106 Å². The van der Waals surface area contributed by atoms with Crippen LogP contribution >= 0.6 is 57.1 Å². The molecule has 1 aliphatic carbocycles. The van der Waals surface area contributed by atoms with Gasteiger partial charge in [0.15, 0.2) is 23.2 Å². The van der Waals surface area contributed by atoms with Gasteiger partial charge in [0.05, 0.1) is 33.3 Å². The van der Waals surface area contributed by atoms with E-state index in [2.05, 4.69) is 36.4 Å². The van der Waals surface area contributed by atoms with Gasteiger partial charge in [-0.2, -0.15) is 8.75 Å². The highest BCUT2D eigenvalue weighted by Crippen LogP contribution is 2.50. The SMILES string of the molecule is CCCCC(CC)Cc1sc(CC(CC)CCCC)c2c1C(=O)c1c(C)sc(-c3ccc(-c4c(F)c(F)c(-c5ccc(C)s5)c5nsnc45)s3)c1C2=O. The van der Waals surface area contributed by atoms with Crippen molar-refractivity contribution in [3.05, 3.63) is 77.7 Å². The summed E-state index contributed by atoms with van der Waals surface area (Å²) in [6.45, 7) is 12.7. The standard InChI is InChI=1S/C42H44F2N2O2S5/c1-7-11-13-23(9-3)19-28-31-32(29(52-28)20-24(10-4)14-12-8-2)41(48)35-30(40(31)47)22(6)50-42(35)27-18-17-26(51-27)34-37(44)36(43)33(25-16-15-21(5)49-25)38-39(34)46-53-45-38/h15-18,23-24H,7-14,19-20H2,1-6H3. The van der Waals surface area contributed by atoms with E-state index in [0.29, 0.717) is 59.8 Å². The van der Waals surface area contributed by atoms with E-state index in [1.54, 1.807) is 23.5 Å². The van der Waals surface area contributed by atoms with Gasteiger partial charge in [-0.05, 0) is 62.8 Å². The number of halogens is 2. The molecule has 0 saturated carbocycles. The van der Waals surface area contributed by atoms with Crippen LogP contribution in [0.1, 0.15) is 130 Å². The Morgan fingerprint density at radius 3 is 1.62 bits per heavy atom. The Morgan fingerprint density at radius 1 is 0.604 bits per heavy atom. The zero-order chi connectivity index (χ0) is 37.6. The first-order chi connectivity index (χ1) is 25.6. The maximum atomic E-state index is 16.1. The molecule has 2 unspecified atom stereocenters. The molecule has 0 N–H and O–H groups in total. The number of hydrogen-bond acceptors (Lipinski definition) is 9. The van der Waals surface area contributed by atoms with Gasteiger partial charge in [-0.3, -0.25) is 9.59 Å². The van der Waals surface area contributed by atoms with E-state index in [9.17, 15) is 9.59 Å². The largest absolute Gasteiger partial charge is 0.288 e. The quantitative estimate of drug-likeness (QED) is 0.104. The number of benzene rings is 1. The van der Waals surface area contributed by atoms with E-state index in [1.807, 2.05) is 26.0 Å². The van der Waals surface area contributed by atoms with Crippen LogP contribution in [-0.4, -0.2) is 20.3 Å². The molecular weight excluding hydrogens is 763 g/mol. The second kappa shape index (κ2) is 16.0. The van der Waals surface area contributed by atoms with Crippen molar-refractivity contribution in [1.82, 2.24) is 8.75 Å². The van der Waals surface area contributed by atoms with Crippen molar-refractivity contribution < 1.29 is 18.4 Å². The second-order valence-corrected chi connectivity index (χ2v) is 19.6. The Balaban J connectivity index is 1.32. The highest BCUT2D eigenvalue weighted by atomic mass is 32.1. The predicted molar refractivity (Wildman–Crippen MR) is 222 cm³/mol. The number of carbonyl (C=O) groups is 2.